The lowest BCUT2D eigenvalue weighted by Gasteiger charge is -2.23. The van der Waals surface area contributed by atoms with Crippen LogP contribution < -0.4 is 9.62 Å². The summed E-state index contributed by atoms with van der Waals surface area (Å²) in [5.74, 6) is -0.228. The first-order valence-electron chi connectivity index (χ1n) is 15.2. The maximum Gasteiger partial charge on any atom is 0.255 e. The molecule has 234 valence electrons. The quantitative estimate of drug-likeness (QED) is 0.257. The molecule has 2 aliphatic rings. The number of fused-ring (bicyclic) bond motifs is 7. The van der Waals surface area contributed by atoms with E-state index in [-0.39, 0.29) is 11.7 Å². The van der Waals surface area contributed by atoms with E-state index >= 15 is 0 Å². The van der Waals surface area contributed by atoms with Crippen LogP contribution in [0.1, 0.15) is 34.5 Å². The molecular weight excluding hydrogens is 607 g/mol. The fraction of sp³-hybridized carbons (Fsp3) is 0.265. The second-order valence-electron chi connectivity index (χ2n) is 12.0. The molecule has 0 saturated carbocycles. The number of rotatable bonds is 5. The molecule has 6 heterocycles. The smallest absolute Gasteiger partial charge is 0.255 e. The van der Waals surface area contributed by atoms with Gasteiger partial charge in [-0.2, -0.15) is 5.10 Å². The number of hydrogen-bond acceptors (Lipinski definition) is 6. The molecule has 46 heavy (non-hydrogen) atoms. The van der Waals surface area contributed by atoms with Crippen LogP contribution in [0.15, 0.2) is 59.1 Å². The van der Waals surface area contributed by atoms with Crippen LogP contribution in [-0.2, 0) is 36.0 Å². The maximum absolute atomic E-state index is 14.8. The van der Waals surface area contributed by atoms with Gasteiger partial charge in [-0.1, -0.05) is 12.1 Å². The number of anilines is 1. The highest BCUT2D eigenvalue weighted by Crippen LogP contribution is 2.43. The third kappa shape index (κ3) is 4.27. The lowest BCUT2D eigenvalue weighted by molar-refractivity contribution is 0.0964. The van der Waals surface area contributed by atoms with Gasteiger partial charge in [0, 0.05) is 55.3 Å². The van der Waals surface area contributed by atoms with Gasteiger partial charge in [-0.25, -0.2) is 17.8 Å². The molecule has 0 saturated heterocycles. The highest BCUT2D eigenvalue weighted by atomic mass is 32.2. The average Bonchev–Trinajstić information content (AvgIpc) is 3.76. The minimum absolute atomic E-state index is 0.295. The number of amides is 1. The summed E-state index contributed by atoms with van der Waals surface area (Å²) in [4.78, 5) is 18.6. The molecular formula is C34H31FN6O4S. The number of pyridine rings is 1. The summed E-state index contributed by atoms with van der Waals surface area (Å²) in [7, 11) is -0.647. The Hall–Kier alpha value is -4.97. The van der Waals surface area contributed by atoms with Crippen molar-refractivity contribution in [2.75, 3.05) is 24.7 Å². The molecule has 2 aliphatic heterocycles. The molecule has 0 radical (unpaired) electrons. The highest BCUT2D eigenvalue weighted by molar-refractivity contribution is 7.92. The van der Waals surface area contributed by atoms with Gasteiger partial charge in [-0.05, 0) is 61.6 Å². The highest BCUT2D eigenvalue weighted by Gasteiger charge is 2.30. The Kier molecular flexibility index (Phi) is 6.37. The summed E-state index contributed by atoms with van der Waals surface area (Å²) >= 11 is 0. The molecule has 2 aromatic carbocycles. The van der Waals surface area contributed by atoms with Gasteiger partial charge in [-0.15, -0.1) is 0 Å². The van der Waals surface area contributed by atoms with Crippen LogP contribution in [0, 0.1) is 5.82 Å². The van der Waals surface area contributed by atoms with Crippen LogP contribution in [0.3, 0.4) is 0 Å². The van der Waals surface area contributed by atoms with Crippen molar-refractivity contribution in [1.82, 2.24) is 24.6 Å². The zero-order valence-electron chi connectivity index (χ0n) is 25.6. The number of aromatic nitrogens is 4. The SMILES string of the molecule is CNC(=O)c1c(-c2cnn3c2CCCC3)oc2cc(N(C)S(C)(=O)=O)c(-c3ccc4c(n3)-c3cc5c(F)cccc5n3CC4)cc12. The molecule has 6 aromatic rings. The van der Waals surface area contributed by atoms with E-state index in [0.717, 1.165) is 60.1 Å². The van der Waals surface area contributed by atoms with Gasteiger partial charge >= 0.3 is 0 Å². The fourth-order valence-electron chi connectivity index (χ4n) is 6.91. The number of nitrogens with zero attached hydrogens (tertiary/aromatic N) is 5. The minimum Gasteiger partial charge on any atom is -0.455 e. The summed E-state index contributed by atoms with van der Waals surface area (Å²) in [6.45, 7) is 1.49. The summed E-state index contributed by atoms with van der Waals surface area (Å²) in [5, 5.41) is 8.36. The first-order chi connectivity index (χ1) is 22.1. The van der Waals surface area contributed by atoms with Gasteiger partial charge in [0.2, 0.25) is 10.0 Å². The third-order valence-electron chi connectivity index (χ3n) is 9.32. The molecule has 12 heteroatoms. The van der Waals surface area contributed by atoms with Crippen LogP contribution in [-0.4, -0.2) is 54.0 Å². The first-order valence-corrected chi connectivity index (χ1v) is 17.1. The Morgan fingerprint density at radius 1 is 1.04 bits per heavy atom. The molecule has 0 aliphatic carbocycles. The molecule has 4 aromatic heterocycles. The Bertz CT molecular complexity index is 2350. The molecule has 1 amide bonds. The Morgan fingerprint density at radius 2 is 1.89 bits per heavy atom. The van der Waals surface area contributed by atoms with Gasteiger partial charge < -0.3 is 14.3 Å². The molecule has 10 nitrogen and oxygen atoms in total. The second-order valence-corrected chi connectivity index (χ2v) is 14.0. The van der Waals surface area contributed by atoms with Crippen molar-refractivity contribution < 1.29 is 22.0 Å². The number of benzene rings is 2. The zero-order chi connectivity index (χ0) is 31.9. The van der Waals surface area contributed by atoms with Crippen molar-refractivity contribution >= 4 is 43.5 Å². The predicted molar refractivity (Wildman–Crippen MR) is 175 cm³/mol. The normalized spacial score (nSPS) is 14.3. The van der Waals surface area contributed by atoms with Crippen molar-refractivity contribution in [2.24, 2.45) is 0 Å². The van der Waals surface area contributed by atoms with E-state index in [2.05, 4.69) is 15.0 Å². The molecule has 0 spiro atoms. The number of sulfonamides is 1. The molecule has 0 atom stereocenters. The van der Waals surface area contributed by atoms with Crippen molar-refractivity contribution in [3.8, 4) is 34.0 Å². The van der Waals surface area contributed by atoms with Crippen LogP contribution in [0.2, 0.25) is 0 Å². The number of nitrogens with one attached hydrogen (secondary N) is 1. The van der Waals surface area contributed by atoms with E-state index in [1.54, 1.807) is 31.4 Å². The number of aryl methyl sites for hydroxylation is 3. The lowest BCUT2D eigenvalue weighted by Crippen LogP contribution is -2.25. The zero-order valence-corrected chi connectivity index (χ0v) is 26.4. The molecule has 1 N–H and O–H groups in total. The van der Waals surface area contributed by atoms with E-state index in [1.807, 2.05) is 28.9 Å². The molecule has 0 fully saturated rings. The number of hydrogen-bond donors (Lipinski definition) is 1. The second kappa shape index (κ2) is 10.3. The topological polar surface area (TPSA) is 115 Å². The van der Waals surface area contributed by atoms with Crippen LogP contribution in [0.4, 0.5) is 10.1 Å². The number of halogens is 1. The summed E-state index contributed by atoms with van der Waals surface area (Å²) in [6, 6.07) is 14.2. The number of furan rings is 1. The van der Waals surface area contributed by atoms with Gasteiger partial charge in [0.05, 0.1) is 51.9 Å². The van der Waals surface area contributed by atoms with Crippen molar-refractivity contribution in [2.45, 2.75) is 38.8 Å². The van der Waals surface area contributed by atoms with Crippen LogP contribution in [0.5, 0.6) is 0 Å². The Balaban J connectivity index is 1.38. The fourth-order valence-corrected chi connectivity index (χ4v) is 7.41. The van der Waals surface area contributed by atoms with E-state index in [0.29, 0.717) is 63.3 Å². The van der Waals surface area contributed by atoms with Gasteiger partial charge in [0.15, 0.2) is 5.76 Å². The van der Waals surface area contributed by atoms with Gasteiger partial charge in [-0.3, -0.25) is 13.8 Å². The van der Waals surface area contributed by atoms with Crippen molar-refractivity contribution in [1.29, 1.82) is 0 Å². The number of carbonyl (C=O) groups excluding carboxylic acids is 1. The molecule has 0 bridgehead atoms. The Morgan fingerprint density at radius 3 is 2.70 bits per heavy atom. The predicted octanol–water partition coefficient (Wildman–Crippen LogP) is 5.77. The lowest BCUT2D eigenvalue weighted by atomic mass is 9.98. The summed E-state index contributed by atoms with van der Waals surface area (Å²) < 4.78 is 52.2. The number of carbonyl (C=O) groups is 1. The summed E-state index contributed by atoms with van der Waals surface area (Å²) in [5.41, 5.74) is 7.17. The minimum atomic E-state index is -3.70. The van der Waals surface area contributed by atoms with E-state index in [9.17, 15) is 17.6 Å². The van der Waals surface area contributed by atoms with E-state index in [1.165, 1.54) is 17.4 Å². The third-order valence-corrected chi connectivity index (χ3v) is 10.5. The maximum atomic E-state index is 14.8. The standard InChI is InChI=1S/C34H31FN6O4S/c1-36-34(42)31-22-15-21(25-11-10-19-12-14-40-26-9-6-7-24(35)20(26)16-29(40)32(19)38-25)28(39(2)46(3,43)44)17-30(22)45-33(31)23-18-37-41-13-5-4-8-27(23)41/h6-7,9-11,15-18H,4-5,8,12-14H2,1-3H3,(H,36,42). The van der Waals surface area contributed by atoms with Crippen LogP contribution in [0.25, 0.3) is 55.8 Å². The monoisotopic (exact) mass is 638 g/mol. The molecule has 8 rings (SSSR count). The summed E-state index contributed by atoms with van der Waals surface area (Å²) in [6.07, 6.45) is 6.44. The largest absolute Gasteiger partial charge is 0.455 e. The van der Waals surface area contributed by atoms with Gasteiger partial charge in [0.25, 0.3) is 5.91 Å². The van der Waals surface area contributed by atoms with Crippen molar-refractivity contribution in [3.63, 3.8) is 0 Å². The van der Waals surface area contributed by atoms with Gasteiger partial charge in [0.1, 0.15) is 11.4 Å². The van der Waals surface area contributed by atoms with Crippen LogP contribution >= 0.6 is 0 Å². The molecule has 0 unspecified atom stereocenters. The van der Waals surface area contributed by atoms with E-state index in [4.69, 9.17) is 9.40 Å². The average molecular weight is 639 g/mol. The van der Waals surface area contributed by atoms with Crippen molar-refractivity contribution in [3.05, 3.63) is 77.4 Å². The Labute approximate surface area is 264 Å². The van der Waals surface area contributed by atoms with E-state index < -0.39 is 10.0 Å². The first kappa shape index (κ1) is 28.5.